The van der Waals surface area contributed by atoms with Crippen LogP contribution in [0, 0.1) is 0 Å². The Hall–Kier alpha value is -1.46. The highest BCUT2D eigenvalue weighted by Crippen LogP contribution is 2.28. The van der Waals surface area contributed by atoms with Crippen LogP contribution in [0.5, 0.6) is 11.5 Å². The van der Waals surface area contributed by atoms with E-state index in [-0.39, 0.29) is 24.4 Å². The van der Waals surface area contributed by atoms with Crippen molar-refractivity contribution in [3.63, 3.8) is 0 Å². The maximum absolute atomic E-state index is 12.1. The number of rotatable bonds is 8. The molecule has 5 nitrogen and oxygen atoms in total. The van der Waals surface area contributed by atoms with E-state index in [9.17, 15) is 4.79 Å². The highest BCUT2D eigenvalue weighted by Gasteiger charge is 2.19. The molecule has 1 atom stereocenters. The highest BCUT2D eigenvalue weighted by molar-refractivity contribution is 5.85. The number of piperidine rings is 1. The van der Waals surface area contributed by atoms with Gasteiger partial charge in [-0.05, 0) is 57.4 Å². The molecule has 0 aliphatic carbocycles. The first-order valence-corrected chi connectivity index (χ1v) is 8.64. The molecule has 1 amide bonds. The average Bonchev–Trinajstić information content (AvgIpc) is 2.58. The zero-order chi connectivity index (χ0) is 16.5. The van der Waals surface area contributed by atoms with E-state index in [1.165, 1.54) is 0 Å². The topological polar surface area (TPSA) is 59.6 Å². The van der Waals surface area contributed by atoms with Crippen molar-refractivity contribution in [3.8, 4) is 11.5 Å². The molecule has 0 aromatic heterocycles. The molecule has 1 aromatic carbocycles. The van der Waals surface area contributed by atoms with Crippen LogP contribution in [0.2, 0.25) is 0 Å². The van der Waals surface area contributed by atoms with E-state index in [1.54, 1.807) is 0 Å². The SMILES string of the molecule is CCOc1ccc(CCNC(=O)[C@H]2CCCCN2)cc1OCC.Cl. The molecule has 1 aliphatic heterocycles. The molecule has 0 radical (unpaired) electrons. The summed E-state index contributed by atoms with van der Waals surface area (Å²) in [4.78, 5) is 12.1. The number of carbonyl (C=O) groups excluding carboxylic acids is 1. The summed E-state index contributed by atoms with van der Waals surface area (Å²) >= 11 is 0. The molecule has 6 heteroatoms. The van der Waals surface area contributed by atoms with Crippen LogP contribution < -0.4 is 20.1 Å². The zero-order valence-corrected chi connectivity index (χ0v) is 15.4. The standard InChI is InChI=1S/C18H28N2O3.ClH/c1-3-22-16-9-8-14(13-17(16)23-4-2)10-12-20-18(21)15-7-5-6-11-19-15;/h8-9,13,15,19H,3-7,10-12H2,1-2H3,(H,20,21);1H/t15-;/m1./s1. The van der Waals surface area contributed by atoms with Crippen molar-refractivity contribution in [2.75, 3.05) is 26.3 Å². The zero-order valence-electron chi connectivity index (χ0n) is 14.6. The minimum atomic E-state index is -0.0249. The largest absolute Gasteiger partial charge is 0.490 e. The molecule has 0 spiro atoms. The molecule has 0 bridgehead atoms. The summed E-state index contributed by atoms with van der Waals surface area (Å²) in [6.07, 6.45) is 4.01. The van der Waals surface area contributed by atoms with Gasteiger partial charge in [-0.1, -0.05) is 12.5 Å². The number of hydrogen-bond acceptors (Lipinski definition) is 4. The van der Waals surface area contributed by atoms with Crippen LogP contribution in [-0.2, 0) is 11.2 Å². The summed E-state index contributed by atoms with van der Waals surface area (Å²) < 4.78 is 11.2. The summed E-state index contributed by atoms with van der Waals surface area (Å²) in [5, 5.41) is 6.28. The fraction of sp³-hybridized carbons (Fsp3) is 0.611. The summed E-state index contributed by atoms with van der Waals surface area (Å²) in [7, 11) is 0. The molecular weight excluding hydrogens is 328 g/mol. The number of ether oxygens (including phenoxy) is 2. The van der Waals surface area contributed by atoms with E-state index < -0.39 is 0 Å². The molecule has 0 unspecified atom stereocenters. The number of nitrogens with one attached hydrogen (secondary N) is 2. The maximum Gasteiger partial charge on any atom is 0.237 e. The lowest BCUT2D eigenvalue weighted by atomic mass is 10.0. The quantitative estimate of drug-likeness (QED) is 0.752. The van der Waals surface area contributed by atoms with Crippen LogP contribution in [0.3, 0.4) is 0 Å². The van der Waals surface area contributed by atoms with Crippen LogP contribution in [0.15, 0.2) is 18.2 Å². The lowest BCUT2D eigenvalue weighted by Gasteiger charge is -2.22. The van der Waals surface area contributed by atoms with Gasteiger partial charge in [0.15, 0.2) is 11.5 Å². The van der Waals surface area contributed by atoms with Gasteiger partial charge >= 0.3 is 0 Å². The summed E-state index contributed by atoms with van der Waals surface area (Å²) in [5.41, 5.74) is 1.13. The molecule has 1 aliphatic rings. The predicted octanol–water partition coefficient (Wildman–Crippen LogP) is 2.71. The fourth-order valence-electron chi connectivity index (χ4n) is 2.78. The lowest BCUT2D eigenvalue weighted by molar-refractivity contribution is -0.123. The maximum atomic E-state index is 12.1. The van der Waals surface area contributed by atoms with Crippen molar-refractivity contribution in [1.82, 2.24) is 10.6 Å². The Morgan fingerprint density at radius 2 is 1.96 bits per heavy atom. The third kappa shape index (κ3) is 6.21. The van der Waals surface area contributed by atoms with Gasteiger partial charge in [-0.15, -0.1) is 12.4 Å². The second-order valence-corrected chi connectivity index (χ2v) is 5.69. The number of hydrogen-bond donors (Lipinski definition) is 2. The fourth-order valence-corrected chi connectivity index (χ4v) is 2.78. The average molecular weight is 357 g/mol. The number of carbonyl (C=O) groups is 1. The van der Waals surface area contributed by atoms with E-state index in [0.29, 0.717) is 19.8 Å². The van der Waals surface area contributed by atoms with Crippen LogP contribution in [0.4, 0.5) is 0 Å². The second-order valence-electron chi connectivity index (χ2n) is 5.69. The van der Waals surface area contributed by atoms with E-state index in [1.807, 2.05) is 32.0 Å². The number of amides is 1. The molecule has 1 heterocycles. The highest BCUT2D eigenvalue weighted by atomic mass is 35.5. The van der Waals surface area contributed by atoms with Gasteiger partial charge in [-0.2, -0.15) is 0 Å². The Morgan fingerprint density at radius 3 is 2.62 bits per heavy atom. The van der Waals surface area contributed by atoms with Crippen molar-refractivity contribution in [2.24, 2.45) is 0 Å². The van der Waals surface area contributed by atoms with Crippen molar-refractivity contribution < 1.29 is 14.3 Å². The monoisotopic (exact) mass is 356 g/mol. The third-order valence-corrected chi connectivity index (χ3v) is 3.95. The van der Waals surface area contributed by atoms with E-state index in [0.717, 1.165) is 49.3 Å². The van der Waals surface area contributed by atoms with Gasteiger partial charge in [0.05, 0.1) is 19.3 Å². The summed E-state index contributed by atoms with van der Waals surface area (Å²) in [6.45, 7) is 6.71. The smallest absolute Gasteiger partial charge is 0.237 e. The minimum Gasteiger partial charge on any atom is -0.490 e. The van der Waals surface area contributed by atoms with Gasteiger partial charge in [-0.25, -0.2) is 0 Å². The van der Waals surface area contributed by atoms with Gasteiger partial charge in [-0.3, -0.25) is 4.79 Å². The Balaban J connectivity index is 0.00000288. The Morgan fingerprint density at radius 1 is 1.21 bits per heavy atom. The van der Waals surface area contributed by atoms with Gasteiger partial charge in [0.2, 0.25) is 5.91 Å². The van der Waals surface area contributed by atoms with E-state index >= 15 is 0 Å². The van der Waals surface area contributed by atoms with Crippen LogP contribution in [0.25, 0.3) is 0 Å². The Labute approximate surface area is 150 Å². The normalized spacial score (nSPS) is 16.8. The van der Waals surface area contributed by atoms with Crippen molar-refractivity contribution >= 4 is 18.3 Å². The van der Waals surface area contributed by atoms with Gasteiger partial charge in [0.1, 0.15) is 0 Å². The molecule has 2 N–H and O–H groups in total. The third-order valence-electron chi connectivity index (χ3n) is 3.95. The van der Waals surface area contributed by atoms with Crippen LogP contribution in [0.1, 0.15) is 38.7 Å². The van der Waals surface area contributed by atoms with Crippen molar-refractivity contribution in [1.29, 1.82) is 0 Å². The molecule has 1 aromatic rings. The molecule has 0 saturated carbocycles. The molecular formula is C18H29ClN2O3. The first kappa shape index (κ1) is 20.6. The molecule has 1 fully saturated rings. The van der Waals surface area contributed by atoms with Crippen LogP contribution >= 0.6 is 12.4 Å². The second kappa shape index (κ2) is 11.2. The molecule has 2 rings (SSSR count). The van der Waals surface area contributed by atoms with Gasteiger partial charge in [0, 0.05) is 6.54 Å². The van der Waals surface area contributed by atoms with Gasteiger partial charge < -0.3 is 20.1 Å². The number of benzene rings is 1. The van der Waals surface area contributed by atoms with Crippen molar-refractivity contribution in [3.05, 3.63) is 23.8 Å². The summed E-state index contributed by atoms with van der Waals surface area (Å²) in [6, 6.07) is 5.94. The molecule has 1 saturated heterocycles. The predicted molar refractivity (Wildman–Crippen MR) is 98.4 cm³/mol. The Bertz CT molecular complexity index is 505. The summed E-state index contributed by atoms with van der Waals surface area (Å²) in [5.74, 6) is 1.65. The van der Waals surface area contributed by atoms with Crippen LogP contribution in [-0.4, -0.2) is 38.3 Å². The minimum absolute atomic E-state index is 0. The van der Waals surface area contributed by atoms with E-state index in [2.05, 4.69) is 10.6 Å². The first-order valence-electron chi connectivity index (χ1n) is 8.64. The first-order chi connectivity index (χ1) is 11.2. The lowest BCUT2D eigenvalue weighted by Crippen LogP contribution is -2.47. The Kier molecular flexibility index (Phi) is 9.57. The number of halogens is 1. The van der Waals surface area contributed by atoms with Gasteiger partial charge in [0.25, 0.3) is 0 Å². The molecule has 24 heavy (non-hydrogen) atoms. The van der Waals surface area contributed by atoms with E-state index in [4.69, 9.17) is 9.47 Å². The van der Waals surface area contributed by atoms with Crippen molar-refractivity contribution in [2.45, 2.75) is 45.6 Å². The molecule has 136 valence electrons.